The van der Waals surface area contributed by atoms with Crippen molar-refractivity contribution in [1.29, 1.82) is 0 Å². The number of methoxy groups -OCH3 is 1. The third-order valence-corrected chi connectivity index (χ3v) is 5.36. The highest BCUT2D eigenvalue weighted by molar-refractivity contribution is 5.94. The number of nitrogens with one attached hydrogen (secondary N) is 1. The van der Waals surface area contributed by atoms with Gasteiger partial charge in [0.15, 0.2) is 0 Å². The van der Waals surface area contributed by atoms with Crippen molar-refractivity contribution in [2.75, 3.05) is 33.4 Å². The molecule has 5 nitrogen and oxygen atoms in total. The monoisotopic (exact) mass is 432 g/mol. The summed E-state index contributed by atoms with van der Waals surface area (Å²) in [5, 5.41) is 3.14. The predicted molar refractivity (Wildman–Crippen MR) is 123 cm³/mol. The molecule has 0 aliphatic carbocycles. The third kappa shape index (κ3) is 6.64. The van der Waals surface area contributed by atoms with Crippen molar-refractivity contribution in [3.63, 3.8) is 0 Å². The zero-order valence-electron chi connectivity index (χ0n) is 17.9. The van der Waals surface area contributed by atoms with Gasteiger partial charge in [0.1, 0.15) is 11.5 Å². The molecule has 1 amide bonds. The molecule has 2 aromatic carbocycles. The van der Waals surface area contributed by atoms with Gasteiger partial charge in [0, 0.05) is 12.1 Å². The van der Waals surface area contributed by atoms with E-state index in [4.69, 9.17) is 9.47 Å². The minimum atomic E-state index is -0.0672. The normalized spacial score (nSPS) is 15.0. The zero-order chi connectivity index (χ0) is 20.5. The molecule has 1 aliphatic rings. The molecule has 1 aliphatic heterocycles. The lowest BCUT2D eigenvalue weighted by Gasteiger charge is -2.35. The summed E-state index contributed by atoms with van der Waals surface area (Å²) < 4.78 is 11.0. The Hall–Kier alpha value is -2.24. The second kappa shape index (κ2) is 12.5. The number of likely N-dealkylation sites (tertiary alicyclic amines) is 1. The van der Waals surface area contributed by atoms with Crippen LogP contribution in [0.1, 0.15) is 54.6 Å². The van der Waals surface area contributed by atoms with E-state index in [2.05, 4.69) is 29.3 Å². The Kier molecular flexibility index (Phi) is 9.98. The van der Waals surface area contributed by atoms with Gasteiger partial charge in [0.25, 0.3) is 5.91 Å². The van der Waals surface area contributed by atoms with Crippen LogP contribution < -0.4 is 14.8 Å². The first-order valence-corrected chi connectivity index (χ1v) is 10.6. The van der Waals surface area contributed by atoms with Gasteiger partial charge in [-0.1, -0.05) is 31.5 Å². The van der Waals surface area contributed by atoms with Gasteiger partial charge in [0.05, 0.1) is 19.8 Å². The van der Waals surface area contributed by atoms with Crippen LogP contribution in [0.4, 0.5) is 0 Å². The van der Waals surface area contributed by atoms with E-state index in [0.717, 1.165) is 31.0 Å². The van der Waals surface area contributed by atoms with Crippen LogP contribution in [-0.2, 0) is 0 Å². The molecule has 1 unspecified atom stereocenters. The van der Waals surface area contributed by atoms with Crippen LogP contribution in [0.15, 0.2) is 48.5 Å². The van der Waals surface area contributed by atoms with Crippen molar-refractivity contribution in [3.8, 4) is 11.5 Å². The molecule has 0 radical (unpaired) electrons. The Morgan fingerprint density at radius 3 is 2.47 bits per heavy atom. The molecule has 164 valence electrons. The molecular weight excluding hydrogens is 400 g/mol. The SMILES string of the molecule is CCCOc1cccc(C(=O)NCC(c2ccc(OC)cc2)N2CCCCC2)c1.Cl. The maximum atomic E-state index is 12.8. The molecule has 0 bridgehead atoms. The lowest BCUT2D eigenvalue weighted by atomic mass is 10.0. The Balaban J connectivity index is 0.00000320. The average molecular weight is 433 g/mol. The molecular formula is C24H33ClN2O3. The third-order valence-electron chi connectivity index (χ3n) is 5.36. The van der Waals surface area contributed by atoms with Crippen LogP contribution in [0.3, 0.4) is 0 Å². The summed E-state index contributed by atoms with van der Waals surface area (Å²) in [6.07, 6.45) is 4.63. The molecule has 0 aromatic heterocycles. The summed E-state index contributed by atoms with van der Waals surface area (Å²) in [6.45, 7) is 5.42. The number of hydrogen-bond donors (Lipinski definition) is 1. The maximum Gasteiger partial charge on any atom is 0.251 e. The number of piperidine rings is 1. The summed E-state index contributed by atoms with van der Waals surface area (Å²) in [5.74, 6) is 1.52. The summed E-state index contributed by atoms with van der Waals surface area (Å²) in [5.41, 5.74) is 1.83. The topological polar surface area (TPSA) is 50.8 Å². The van der Waals surface area contributed by atoms with Crippen LogP contribution >= 0.6 is 12.4 Å². The number of carbonyl (C=O) groups is 1. The maximum absolute atomic E-state index is 12.8. The second-order valence-electron chi connectivity index (χ2n) is 7.47. The van der Waals surface area contributed by atoms with Crippen LogP contribution in [0.5, 0.6) is 11.5 Å². The number of hydrogen-bond acceptors (Lipinski definition) is 4. The fourth-order valence-electron chi connectivity index (χ4n) is 3.75. The van der Waals surface area contributed by atoms with Gasteiger partial charge in [-0.3, -0.25) is 9.69 Å². The number of halogens is 1. The summed E-state index contributed by atoms with van der Waals surface area (Å²) >= 11 is 0. The largest absolute Gasteiger partial charge is 0.497 e. The van der Waals surface area contributed by atoms with Crippen LogP contribution in [0.2, 0.25) is 0 Å². The summed E-state index contributed by atoms with van der Waals surface area (Å²) in [4.78, 5) is 15.3. The lowest BCUT2D eigenvalue weighted by Crippen LogP contribution is -2.40. The number of nitrogens with zero attached hydrogens (tertiary/aromatic N) is 1. The highest BCUT2D eigenvalue weighted by Crippen LogP contribution is 2.26. The van der Waals surface area contributed by atoms with Crippen molar-refractivity contribution >= 4 is 18.3 Å². The lowest BCUT2D eigenvalue weighted by molar-refractivity contribution is 0.0924. The number of rotatable bonds is 9. The number of amides is 1. The smallest absolute Gasteiger partial charge is 0.251 e. The average Bonchev–Trinajstić information content (AvgIpc) is 2.79. The molecule has 0 spiro atoms. The van der Waals surface area contributed by atoms with Gasteiger partial charge in [-0.25, -0.2) is 0 Å². The highest BCUT2D eigenvalue weighted by atomic mass is 35.5. The van der Waals surface area contributed by atoms with Gasteiger partial charge in [-0.15, -0.1) is 12.4 Å². The van der Waals surface area contributed by atoms with E-state index in [-0.39, 0.29) is 24.4 Å². The first-order valence-electron chi connectivity index (χ1n) is 10.6. The number of ether oxygens (including phenoxy) is 2. The quantitative estimate of drug-likeness (QED) is 0.614. The van der Waals surface area contributed by atoms with Crippen LogP contribution in [0.25, 0.3) is 0 Å². The molecule has 1 fully saturated rings. The molecule has 30 heavy (non-hydrogen) atoms. The minimum absolute atomic E-state index is 0. The van der Waals surface area contributed by atoms with Gasteiger partial charge < -0.3 is 14.8 Å². The van der Waals surface area contributed by atoms with Crippen molar-refractivity contribution in [1.82, 2.24) is 10.2 Å². The molecule has 1 heterocycles. The first-order chi connectivity index (χ1) is 14.2. The predicted octanol–water partition coefficient (Wildman–Crippen LogP) is 4.86. The molecule has 1 N–H and O–H groups in total. The Morgan fingerprint density at radius 1 is 1.07 bits per heavy atom. The second-order valence-corrected chi connectivity index (χ2v) is 7.47. The van der Waals surface area contributed by atoms with Gasteiger partial charge in [-0.05, 0) is 68.2 Å². The molecule has 2 aromatic rings. The Bertz CT molecular complexity index is 776. The van der Waals surface area contributed by atoms with Gasteiger partial charge >= 0.3 is 0 Å². The minimum Gasteiger partial charge on any atom is -0.497 e. The van der Waals surface area contributed by atoms with E-state index in [1.54, 1.807) is 7.11 Å². The van der Waals surface area contributed by atoms with Gasteiger partial charge in [-0.2, -0.15) is 0 Å². The Morgan fingerprint density at radius 2 is 1.80 bits per heavy atom. The van der Waals surface area contributed by atoms with E-state index < -0.39 is 0 Å². The van der Waals surface area contributed by atoms with Crippen molar-refractivity contribution in [2.24, 2.45) is 0 Å². The van der Waals surface area contributed by atoms with Gasteiger partial charge in [0.2, 0.25) is 0 Å². The standard InChI is InChI=1S/C24H32N2O3.ClH/c1-3-16-29-22-9-7-8-20(17-22)24(27)25-18-23(26-14-5-4-6-15-26)19-10-12-21(28-2)13-11-19;/h7-13,17,23H,3-6,14-16,18H2,1-2H3,(H,25,27);1H. The first kappa shape index (κ1) is 24.0. The van der Waals surface area contributed by atoms with E-state index in [0.29, 0.717) is 18.7 Å². The molecule has 1 saturated heterocycles. The van der Waals surface area contributed by atoms with Crippen LogP contribution in [0, 0.1) is 0 Å². The van der Waals surface area contributed by atoms with Crippen molar-refractivity contribution < 1.29 is 14.3 Å². The van der Waals surface area contributed by atoms with E-state index in [1.165, 1.54) is 24.8 Å². The number of benzene rings is 2. The molecule has 0 saturated carbocycles. The van der Waals surface area contributed by atoms with E-state index >= 15 is 0 Å². The summed E-state index contributed by atoms with van der Waals surface area (Å²) in [6, 6.07) is 15.7. The van der Waals surface area contributed by atoms with Crippen molar-refractivity contribution in [2.45, 2.75) is 38.6 Å². The molecule has 1 atom stereocenters. The molecule has 3 rings (SSSR count). The highest BCUT2D eigenvalue weighted by Gasteiger charge is 2.23. The number of carbonyl (C=O) groups excluding carboxylic acids is 1. The fraction of sp³-hybridized carbons (Fsp3) is 0.458. The van der Waals surface area contributed by atoms with Crippen LogP contribution in [-0.4, -0.2) is 44.2 Å². The van der Waals surface area contributed by atoms with E-state index in [1.807, 2.05) is 36.4 Å². The zero-order valence-corrected chi connectivity index (χ0v) is 18.7. The van der Waals surface area contributed by atoms with E-state index in [9.17, 15) is 4.79 Å². The fourth-order valence-corrected chi connectivity index (χ4v) is 3.75. The van der Waals surface area contributed by atoms with Crippen molar-refractivity contribution in [3.05, 3.63) is 59.7 Å². The Labute approximate surface area is 186 Å². The summed E-state index contributed by atoms with van der Waals surface area (Å²) in [7, 11) is 1.68. The molecule has 6 heteroatoms.